The van der Waals surface area contributed by atoms with E-state index in [2.05, 4.69) is 5.32 Å². The van der Waals surface area contributed by atoms with Crippen LogP contribution in [-0.4, -0.2) is 12.7 Å². The number of nitrogens with one attached hydrogen (secondary N) is 1. The molecule has 0 spiro atoms. The third kappa shape index (κ3) is 3.57. The Kier molecular flexibility index (Phi) is 4.24. The van der Waals surface area contributed by atoms with Gasteiger partial charge in [-0.2, -0.15) is 0 Å². The van der Waals surface area contributed by atoms with Crippen molar-refractivity contribution in [2.75, 3.05) is 6.29 Å². The lowest BCUT2D eigenvalue weighted by Crippen LogP contribution is -2.05. The molecule has 0 aromatic carbocycles. The lowest BCUT2D eigenvalue weighted by molar-refractivity contribution is 0.545. The van der Waals surface area contributed by atoms with Crippen molar-refractivity contribution in [3.8, 4) is 0 Å². The highest BCUT2D eigenvalue weighted by Crippen LogP contribution is 1.80. The summed E-state index contributed by atoms with van der Waals surface area (Å²) < 4.78 is 9.42. The number of hydrogen-bond acceptors (Lipinski definition) is 2. The van der Waals surface area contributed by atoms with Crippen LogP contribution in [0.5, 0.6) is 0 Å². The molecule has 0 heterocycles. The lowest BCUT2D eigenvalue weighted by atomic mass is 11.2. The van der Waals surface area contributed by atoms with Crippen molar-refractivity contribution < 1.29 is 9.36 Å². The summed E-state index contributed by atoms with van der Waals surface area (Å²) in [5.41, 5.74) is 0. The summed E-state index contributed by atoms with van der Waals surface area (Å²) in [6.45, 7) is 0. The largest absolute Gasteiger partial charge is 0.337 e. The molecule has 0 aromatic heterocycles. The van der Waals surface area contributed by atoms with Crippen LogP contribution < -0.4 is 5.32 Å². The van der Waals surface area contributed by atoms with Gasteiger partial charge in [0.1, 0.15) is 0 Å². The van der Waals surface area contributed by atoms with E-state index < -0.39 is 0 Å². The Morgan fingerprint density at radius 2 is 2.50 bits per heavy atom. The Labute approximate surface area is 36.9 Å². The fourth-order valence-corrected chi connectivity index (χ4v) is 0.194. The highest BCUT2D eigenvalue weighted by Gasteiger charge is 1.72. The Balaban J connectivity index is 2.66. The van der Waals surface area contributed by atoms with Crippen LogP contribution in [-0.2, 0) is 9.36 Å². The first kappa shape index (κ1) is 5.57. The predicted molar refractivity (Wildman–Crippen MR) is 21.3 cm³/mol. The van der Waals surface area contributed by atoms with Gasteiger partial charge in [0.15, 0.2) is 8.46 Å². The van der Waals surface area contributed by atoms with E-state index in [-0.39, 0.29) is 14.7 Å². The molecule has 0 aliphatic heterocycles. The highest BCUT2D eigenvalue weighted by molar-refractivity contribution is 7.23. The summed E-state index contributed by atoms with van der Waals surface area (Å²) in [7, 11) is -0.0782. The van der Waals surface area contributed by atoms with Crippen LogP contribution in [0.2, 0.25) is 0 Å². The van der Waals surface area contributed by atoms with E-state index in [1.807, 2.05) is 0 Å². The molecule has 4 heteroatoms. The third-order valence-electron chi connectivity index (χ3n) is 0.216. The van der Waals surface area contributed by atoms with Gasteiger partial charge in [-0.3, -0.25) is 9.36 Å². The van der Waals surface area contributed by atoms with Gasteiger partial charge in [0.2, 0.25) is 0 Å². The quantitative estimate of drug-likeness (QED) is 0.308. The topological polar surface area (TPSA) is 46.2 Å². The molecule has 0 aliphatic carbocycles. The second-order valence-corrected chi connectivity index (χ2v) is 1.14. The maximum absolute atomic E-state index is 9.42. The third-order valence-corrected chi connectivity index (χ3v) is 0.503. The Hall–Kier alpha value is -0.430. The monoisotopic (exact) mass is 104 g/mol. The SMILES string of the molecule is O=[C]NCP=O. The van der Waals surface area contributed by atoms with Crippen LogP contribution >= 0.6 is 8.46 Å². The maximum atomic E-state index is 9.42. The average Bonchev–Trinajstić information content (AvgIpc) is 1.61. The predicted octanol–water partition coefficient (Wildman–Crippen LogP) is -0.108. The number of hydrogen-bond donors (Lipinski definition) is 1. The summed E-state index contributed by atoms with van der Waals surface area (Å²) in [5, 5.41) is 2.07. The first-order valence-corrected chi connectivity index (χ1v) is 2.30. The van der Waals surface area contributed by atoms with E-state index in [4.69, 9.17) is 0 Å². The van der Waals surface area contributed by atoms with Crippen LogP contribution in [0, 0.1) is 0 Å². The van der Waals surface area contributed by atoms with Crippen LogP contribution in [0.25, 0.3) is 0 Å². The van der Waals surface area contributed by atoms with Crippen LogP contribution in [0.4, 0.5) is 0 Å². The Morgan fingerprint density at radius 1 is 1.83 bits per heavy atom. The van der Waals surface area contributed by atoms with Crippen molar-refractivity contribution in [1.82, 2.24) is 5.32 Å². The van der Waals surface area contributed by atoms with E-state index in [1.165, 1.54) is 6.41 Å². The zero-order valence-electron chi connectivity index (χ0n) is 2.97. The normalized spacial score (nSPS) is 8.00. The summed E-state index contributed by atoms with van der Waals surface area (Å²) in [5.74, 6) is 0. The molecule has 1 amide bonds. The molecule has 0 aromatic rings. The van der Waals surface area contributed by atoms with Crippen molar-refractivity contribution in [1.29, 1.82) is 0 Å². The zero-order valence-corrected chi connectivity index (χ0v) is 3.87. The van der Waals surface area contributed by atoms with Crippen LogP contribution in [0.15, 0.2) is 0 Å². The van der Waals surface area contributed by atoms with Gasteiger partial charge in [0, 0.05) is 0 Å². The van der Waals surface area contributed by atoms with Gasteiger partial charge in [0.25, 0.3) is 0 Å². The van der Waals surface area contributed by atoms with Crippen molar-refractivity contribution in [2.24, 2.45) is 0 Å². The maximum Gasteiger partial charge on any atom is 0.309 e. The van der Waals surface area contributed by atoms with Crippen LogP contribution in [0.1, 0.15) is 0 Å². The average molecular weight is 104 g/mol. The molecule has 0 saturated carbocycles. The molecule has 3 nitrogen and oxygen atoms in total. The van der Waals surface area contributed by atoms with E-state index in [0.717, 1.165) is 0 Å². The molecule has 0 atom stereocenters. The molecule has 1 N–H and O–H groups in total. The van der Waals surface area contributed by atoms with Gasteiger partial charge in [-0.1, -0.05) is 0 Å². The molecule has 6 heavy (non-hydrogen) atoms. The molecule has 0 aliphatic rings. The molecular weight excluding hydrogens is 101 g/mol. The van der Waals surface area contributed by atoms with Crippen molar-refractivity contribution in [3.05, 3.63) is 0 Å². The molecule has 0 saturated heterocycles. The molecule has 0 fully saturated rings. The van der Waals surface area contributed by atoms with Crippen LogP contribution in [0.3, 0.4) is 0 Å². The molecule has 0 unspecified atom stereocenters. The van der Waals surface area contributed by atoms with Gasteiger partial charge in [-0.25, -0.2) is 0 Å². The zero-order chi connectivity index (χ0) is 4.83. The number of rotatable bonds is 3. The fraction of sp³-hybridized carbons (Fsp3) is 0.500. The van der Waals surface area contributed by atoms with Gasteiger partial charge in [0.05, 0.1) is 6.29 Å². The van der Waals surface area contributed by atoms with Crippen molar-refractivity contribution in [2.45, 2.75) is 0 Å². The fourth-order valence-electron chi connectivity index (χ4n) is 0.0645. The second-order valence-electron chi connectivity index (χ2n) is 0.566. The smallest absolute Gasteiger partial charge is 0.309 e. The molecule has 0 rings (SSSR count). The summed E-state index contributed by atoms with van der Waals surface area (Å²) in [6, 6.07) is 0. The summed E-state index contributed by atoms with van der Waals surface area (Å²) >= 11 is 0. The minimum Gasteiger partial charge on any atom is -0.337 e. The van der Waals surface area contributed by atoms with E-state index >= 15 is 0 Å². The lowest BCUT2D eigenvalue weighted by Gasteiger charge is -1.74. The van der Waals surface area contributed by atoms with Crippen molar-refractivity contribution >= 4 is 14.9 Å². The van der Waals surface area contributed by atoms with Gasteiger partial charge >= 0.3 is 6.41 Å². The molecule has 1 radical (unpaired) electrons. The minimum absolute atomic E-state index is 0.0782. The van der Waals surface area contributed by atoms with E-state index in [9.17, 15) is 9.36 Å². The second kappa shape index (κ2) is 4.57. The molecule has 0 bridgehead atoms. The highest BCUT2D eigenvalue weighted by atomic mass is 31.1. The Morgan fingerprint density at radius 3 is 2.67 bits per heavy atom. The Bertz CT molecular complexity index is 47.5. The first-order valence-electron chi connectivity index (χ1n) is 1.31. The number of amides is 1. The molecule has 33 valence electrons. The van der Waals surface area contributed by atoms with Gasteiger partial charge in [-0.05, 0) is 0 Å². The van der Waals surface area contributed by atoms with E-state index in [0.29, 0.717) is 0 Å². The van der Waals surface area contributed by atoms with E-state index in [1.54, 1.807) is 0 Å². The first-order chi connectivity index (χ1) is 2.91. The summed E-state index contributed by atoms with van der Waals surface area (Å²) in [6.07, 6.45) is 1.52. The number of carbonyl (C=O) groups excluding carboxylic acids is 1. The van der Waals surface area contributed by atoms with Crippen molar-refractivity contribution in [3.63, 3.8) is 0 Å². The summed E-state index contributed by atoms with van der Waals surface area (Å²) in [4.78, 5) is 9.18. The van der Waals surface area contributed by atoms with Gasteiger partial charge in [-0.15, -0.1) is 0 Å². The molecular formula is C2H3NO2P. The minimum atomic E-state index is -0.0782. The standard InChI is InChI=1S/C2H3NO2P/c4-1-3-2-6-5/h2H2,(H,3,4). The van der Waals surface area contributed by atoms with Gasteiger partial charge < -0.3 is 5.32 Å².